The molecule has 1 aromatic rings. The van der Waals surface area contributed by atoms with Crippen molar-refractivity contribution in [3.05, 3.63) is 34.9 Å². The summed E-state index contributed by atoms with van der Waals surface area (Å²) >= 11 is 6.29. The Hall–Kier alpha value is -2.82. The van der Waals surface area contributed by atoms with Crippen LogP contribution in [-0.2, 0) is 29.3 Å². The molecule has 0 spiro atoms. The molecule has 2 amide bonds. The van der Waals surface area contributed by atoms with Crippen LogP contribution in [0.4, 0.5) is 18.0 Å². The quantitative estimate of drug-likeness (QED) is 0.460. The molecule has 1 saturated carbocycles. The van der Waals surface area contributed by atoms with E-state index in [1.54, 1.807) is 24.3 Å². The summed E-state index contributed by atoms with van der Waals surface area (Å²) in [6.07, 6.45) is -3.86. The van der Waals surface area contributed by atoms with E-state index < -0.39 is 42.4 Å². The molecule has 12 heteroatoms. The second kappa shape index (κ2) is 10.7. The normalized spacial score (nSPS) is 19.6. The molecule has 1 aliphatic carbocycles. The maximum absolute atomic E-state index is 12.8. The van der Waals surface area contributed by atoms with Crippen molar-refractivity contribution in [3.63, 3.8) is 0 Å². The Kier molecular flexibility index (Phi) is 8.48. The second-order valence-corrected chi connectivity index (χ2v) is 7.66. The zero-order valence-corrected chi connectivity index (χ0v) is 17.8. The number of alkyl halides is 3. The van der Waals surface area contributed by atoms with Crippen molar-refractivity contribution in [2.24, 2.45) is 0 Å². The number of hydrogen-bond donors (Lipinski definition) is 2. The number of benzene rings is 1. The third-order valence-electron chi connectivity index (χ3n) is 5.06. The zero-order valence-electron chi connectivity index (χ0n) is 17.1. The molecule has 0 unspecified atom stereocenters. The molecule has 2 rings (SSSR count). The van der Waals surface area contributed by atoms with Gasteiger partial charge in [0.15, 0.2) is 0 Å². The van der Waals surface area contributed by atoms with Crippen molar-refractivity contribution in [3.8, 4) is 0 Å². The van der Waals surface area contributed by atoms with Crippen LogP contribution in [0.3, 0.4) is 0 Å². The molecule has 0 bridgehead atoms. The molecule has 1 aliphatic rings. The highest BCUT2D eigenvalue weighted by Gasteiger charge is 2.43. The summed E-state index contributed by atoms with van der Waals surface area (Å²) in [4.78, 5) is 47.3. The highest BCUT2D eigenvalue weighted by atomic mass is 35.5. The highest BCUT2D eigenvalue weighted by molar-refractivity contribution is 6.31. The lowest BCUT2D eigenvalue weighted by Crippen LogP contribution is -2.48. The van der Waals surface area contributed by atoms with Crippen LogP contribution < -0.4 is 10.6 Å². The van der Waals surface area contributed by atoms with Gasteiger partial charge in [0.25, 0.3) is 0 Å². The number of ether oxygens (including phenoxy) is 2. The topological polar surface area (TPSA) is 111 Å². The number of nitrogens with one attached hydrogen (secondary N) is 2. The minimum absolute atomic E-state index is 0.0715. The van der Waals surface area contributed by atoms with E-state index in [4.69, 9.17) is 16.3 Å². The predicted molar refractivity (Wildman–Crippen MR) is 106 cm³/mol. The maximum atomic E-state index is 12.8. The molecular formula is C20H22ClF3N2O6. The summed E-state index contributed by atoms with van der Waals surface area (Å²) in [5.41, 5.74) is -0.435. The Bertz CT molecular complexity index is 879. The fourth-order valence-corrected chi connectivity index (χ4v) is 3.70. The van der Waals surface area contributed by atoms with Crippen LogP contribution in [0.15, 0.2) is 24.3 Å². The number of hydrogen-bond acceptors (Lipinski definition) is 6. The Labute approximate surface area is 186 Å². The summed E-state index contributed by atoms with van der Waals surface area (Å²) < 4.78 is 45.8. The Balaban J connectivity index is 1.89. The number of carbonyl (C=O) groups excluding carboxylic acids is 4. The van der Waals surface area contributed by atoms with Gasteiger partial charge in [0.1, 0.15) is 11.8 Å². The van der Waals surface area contributed by atoms with E-state index in [9.17, 15) is 32.3 Å². The third-order valence-corrected chi connectivity index (χ3v) is 5.39. The van der Waals surface area contributed by atoms with Crippen LogP contribution in [-0.4, -0.2) is 49.3 Å². The van der Waals surface area contributed by atoms with E-state index in [1.165, 1.54) is 5.32 Å². The Morgan fingerprint density at radius 3 is 2.50 bits per heavy atom. The molecule has 0 radical (unpaired) electrons. The van der Waals surface area contributed by atoms with Gasteiger partial charge in [0.2, 0.25) is 6.79 Å². The van der Waals surface area contributed by atoms with Gasteiger partial charge in [0.05, 0.1) is 5.41 Å². The summed E-state index contributed by atoms with van der Waals surface area (Å²) in [5.74, 6) is -3.61. The van der Waals surface area contributed by atoms with Gasteiger partial charge < -0.3 is 20.1 Å². The van der Waals surface area contributed by atoms with Gasteiger partial charge in [-0.05, 0) is 31.4 Å². The first kappa shape index (κ1) is 25.4. The fourth-order valence-electron chi connectivity index (χ4n) is 3.38. The van der Waals surface area contributed by atoms with E-state index in [2.05, 4.69) is 10.1 Å². The van der Waals surface area contributed by atoms with E-state index in [-0.39, 0.29) is 12.3 Å². The smallest absolute Gasteiger partial charge is 0.426 e. The Morgan fingerprint density at radius 2 is 1.88 bits per heavy atom. The van der Waals surface area contributed by atoms with Gasteiger partial charge >= 0.3 is 24.1 Å². The highest BCUT2D eigenvalue weighted by Crippen LogP contribution is 2.39. The molecule has 2 atom stereocenters. The SMILES string of the molecule is C[C@H](NC(=O)C(F)(F)F)C(=O)OCOC(=O)NC[C@@]1(c2ccccc2Cl)CCCCC1=O. The molecule has 176 valence electrons. The molecule has 0 aliphatic heterocycles. The van der Waals surface area contributed by atoms with Crippen molar-refractivity contribution in [2.45, 2.75) is 50.2 Å². The van der Waals surface area contributed by atoms with Crippen LogP contribution in [0, 0.1) is 0 Å². The monoisotopic (exact) mass is 478 g/mol. The number of amides is 2. The van der Waals surface area contributed by atoms with E-state index in [0.29, 0.717) is 23.4 Å². The zero-order chi connectivity index (χ0) is 23.9. The standard InChI is InChI=1S/C20H22ClF3N2O6/c1-12(26-17(29)20(22,23)24)16(28)31-11-32-18(30)25-10-19(9-5-4-8-15(19)27)13-6-2-3-7-14(13)21/h2-3,6-7,12H,4-5,8-11H2,1H3,(H,25,30)(H,26,29)/t12-,19+/m0/s1. The lowest BCUT2D eigenvalue weighted by Gasteiger charge is -2.36. The fraction of sp³-hybridized carbons (Fsp3) is 0.500. The van der Waals surface area contributed by atoms with Crippen LogP contribution in [0.1, 0.15) is 38.2 Å². The van der Waals surface area contributed by atoms with Gasteiger partial charge in [-0.15, -0.1) is 0 Å². The molecular weight excluding hydrogens is 457 g/mol. The van der Waals surface area contributed by atoms with Crippen LogP contribution in [0.5, 0.6) is 0 Å². The van der Waals surface area contributed by atoms with Crippen LogP contribution >= 0.6 is 11.6 Å². The summed E-state index contributed by atoms with van der Waals surface area (Å²) in [6, 6.07) is 5.22. The Morgan fingerprint density at radius 1 is 1.19 bits per heavy atom. The lowest BCUT2D eigenvalue weighted by molar-refractivity contribution is -0.176. The first-order valence-corrected chi connectivity index (χ1v) is 10.1. The molecule has 32 heavy (non-hydrogen) atoms. The predicted octanol–water partition coefficient (Wildman–Crippen LogP) is 3.01. The van der Waals surface area contributed by atoms with Gasteiger partial charge in [-0.3, -0.25) is 9.59 Å². The van der Waals surface area contributed by atoms with Crippen LogP contribution in [0.25, 0.3) is 0 Å². The molecule has 0 heterocycles. The molecule has 0 aromatic heterocycles. The number of halogens is 4. The second-order valence-electron chi connectivity index (χ2n) is 7.25. The maximum Gasteiger partial charge on any atom is 0.471 e. The van der Waals surface area contributed by atoms with Crippen LogP contribution in [0.2, 0.25) is 5.02 Å². The average molecular weight is 479 g/mol. The van der Waals surface area contributed by atoms with Crippen molar-refractivity contribution < 1.29 is 41.8 Å². The van der Waals surface area contributed by atoms with Crippen molar-refractivity contribution in [1.82, 2.24) is 10.6 Å². The largest absolute Gasteiger partial charge is 0.471 e. The number of ketones is 1. The van der Waals surface area contributed by atoms with E-state index in [1.807, 2.05) is 0 Å². The molecule has 2 N–H and O–H groups in total. The van der Waals surface area contributed by atoms with Gasteiger partial charge in [-0.1, -0.05) is 36.2 Å². The summed E-state index contributed by atoms with van der Waals surface area (Å²) in [5, 5.41) is 4.26. The van der Waals surface area contributed by atoms with E-state index in [0.717, 1.165) is 19.8 Å². The average Bonchev–Trinajstić information content (AvgIpc) is 2.73. The number of carbonyl (C=O) groups is 4. The summed E-state index contributed by atoms with van der Waals surface area (Å²) in [6.45, 7) is -0.0155. The molecule has 0 saturated heterocycles. The van der Waals surface area contributed by atoms with Crippen molar-refractivity contribution in [1.29, 1.82) is 0 Å². The minimum Gasteiger partial charge on any atom is -0.426 e. The molecule has 1 fully saturated rings. The van der Waals surface area contributed by atoms with Gasteiger partial charge in [-0.2, -0.15) is 13.2 Å². The van der Waals surface area contributed by atoms with Crippen molar-refractivity contribution in [2.75, 3.05) is 13.3 Å². The summed E-state index contributed by atoms with van der Waals surface area (Å²) in [7, 11) is 0. The molecule has 1 aromatic carbocycles. The van der Waals surface area contributed by atoms with Gasteiger partial charge in [-0.25, -0.2) is 9.59 Å². The van der Waals surface area contributed by atoms with Gasteiger partial charge in [0, 0.05) is 18.0 Å². The number of Topliss-reactive ketones (excluding diaryl/α,β-unsaturated/α-hetero) is 1. The minimum atomic E-state index is -5.15. The van der Waals surface area contributed by atoms with E-state index >= 15 is 0 Å². The number of rotatable bonds is 7. The first-order valence-electron chi connectivity index (χ1n) is 9.70. The van der Waals surface area contributed by atoms with Crippen molar-refractivity contribution >= 4 is 35.4 Å². The number of esters is 1. The third kappa shape index (κ3) is 6.35. The lowest BCUT2D eigenvalue weighted by atomic mass is 9.68. The first-order chi connectivity index (χ1) is 15.0. The molecule has 8 nitrogen and oxygen atoms in total. The number of alkyl carbamates (subject to hydrolysis) is 1.